The van der Waals surface area contributed by atoms with Gasteiger partial charge in [0.1, 0.15) is 5.76 Å². The molecular weight excluding hydrogens is 186 g/mol. The highest BCUT2D eigenvalue weighted by Crippen LogP contribution is 2.30. The van der Waals surface area contributed by atoms with Crippen LogP contribution in [0.2, 0.25) is 5.02 Å². The molecule has 2 N–H and O–H groups in total. The minimum absolute atomic E-state index is 0.414. The van der Waals surface area contributed by atoms with Gasteiger partial charge in [-0.3, -0.25) is 0 Å². The molecule has 0 saturated heterocycles. The van der Waals surface area contributed by atoms with Crippen LogP contribution in [0.15, 0.2) is 22.6 Å². The van der Waals surface area contributed by atoms with Gasteiger partial charge in [0, 0.05) is 5.39 Å². The van der Waals surface area contributed by atoms with Gasteiger partial charge < -0.3 is 10.2 Å². The molecule has 2 aromatic rings. The van der Waals surface area contributed by atoms with E-state index in [0.717, 1.165) is 22.3 Å². The lowest BCUT2D eigenvalue weighted by Gasteiger charge is -1.90. The predicted molar refractivity (Wildman–Crippen MR) is 53.9 cm³/mol. The van der Waals surface area contributed by atoms with Gasteiger partial charge in [-0.25, -0.2) is 0 Å². The third kappa shape index (κ3) is 1.23. The second-order valence-corrected chi connectivity index (χ2v) is 3.38. The molecule has 0 unspecified atom stereocenters. The summed E-state index contributed by atoms with van der Waals surface area (Å²) in [6.07, 6.45) is 0. The van der Waals surface area contributed by atoms with Gasteiger partial charge >= 0.3 is 0 Å². The van der Waals surface area contributed by atoms with E-state index >= 15 is 0 Å². The fraction of sp³-hybridized carbons (Fsp3) is 0.200. The van der Waals surface area contributed by atoms with Crippen LogP contribution in [0.3, 0.4) is 0 Å². The molecule has 2 nitrogen and oxygen atoms in total. The molecule has 13 heavy (non-hydrogen) atoms. The van der Waals surface area contributed by atoms with Crippen molar-refractivity contribution >= 4 is 22.6 Å². The van der Waals surface area contributed by atoms with Crippen LogP contribution in [0.25, 0.3) is 11.0 Å². The Labute approximate surface area is 81.3 Å². The van der Waals surface area contributed by atoms with Gasteiger partial charge in [0.05, 0.1) is 11.6 Å². The molecule has 0 aliphatic carbocycles. The number of halogens is 1. The number of aryl methyl sites for hydroxylation is 1. The van der Waals surface area contributed by atoms with Gasteiger partial charge in [-0.1, -0.05) is 23.7 Å². The van der Waals surface area contributed by atoms with E-state index in [1.165, 1.54) is 0 Å². The van der Waals surface area contributed by atoms with E-state index in [1.807, 2.05) is 25.1 Å². The Morgan fingerprint density at radius 1 is 1.46 bits per heavy atom. The maximum atomic E-state index is 5.96. The zero-order chi connectivity index (χ0) is 9.42. The Bertz CT molecular complexity index is 447. The van der Waals surface area contributed by atoms with E-state index in [4.69, 9.17) is 21.8 Å². The van der Waals surface area contributed by atoms with E-state index in [9.17, 15) is 0 Å². The maximum Gasteiger partial charge on any atom is 0.153 e. The molecule has 0 fully saturated rings. The van der Waals surface area contributed by atoms with Crippen molar-refractivity contribution in [2.45, 2.75) is 13.5 Å². The first-order valence-electron chi connectivity index (χ1n) is 4.10. The van der Waals surface area contributed by atoms with Crippen LogP contribution in [0.5, 0.6) is 0 Å². The molecule has 0 aliphatic heterocycles. The van der Waals surface area contributed by atoms with Crippen LogP contribution in [-0.4, -0.2) is 0 Å². The molecular formula is C10H10ClNO. The first-order chi connectivity index (χ1) is 6.24. The van der Waals surface area contributed by atoms with Gasteiger partial charge in [-0.15, -0.1) is 0 Å². The SMILES string of the molecule is Cc1c(CN)oc2c(Cl)cccc12. The van der Waals surface area contributed by atoms with E-state index < -0.39 is 0 Å². The molecule has 0 amide bonds. The molecule has 0 radical (unpaired) electrons. The summed E-state index contributed by atoms with van der Waals surface area (Å²) in [6.45, 7) is 2.40. The predicted octanol–water partition coefficient (Wildman–Crippen LogP) is 2.85. The summed E-state index contributed by atoms with van der Waals surface area (Å²) in [5.74, 6) is 0.808. The number of fused-ring (bicyclic) bond motifs is 1. The highest BCUT2D eigenvalue weighted by molar-refractivity contribution is 6.34. The van der Waals surface area contributed by atoms with Crippen LogP contribution in [0.1, 0.15) is 11.3 Å². The molecule has 0 atom stereocenters. The van der Waals surface area contributed by atoms with Crippen LogP contribution in [0, 0.1) is 6.92 Å². The number of nitrogens with two attached hydrogens (primary N) is 1. The second kappa shape index (κ2) is 3.05. The Balaban J connectivity index is 2.83. The van der Waals surface area contributed by atoms with Gasteiger partial charge in [-0.05, 0) is 18.6 Å². The standard InChI is InChI=1S/C10H10ClNO/c1-6-7-3-2-4-8(11)10(7)13-9(6)5-12/h2-4H,5,12H2,1H3. The Hall–Kier alpha value is -0.990. The molecule has 0 aliphatic rings. The van der Waals surface area contributed by atoms with Crippen LogP contribution in [-0.2, 0) is 6.54 Å². The van der Waals surface area contributed by atoms with Crippen molar-refractivity contribution < 1.29 is 4.42 Å². The first-order valence-corrected chi connectivity index (χ1v) is 4.48. The van der Waals surface area contributed by atoms with Crippen molar-refractivity contribution in [3.05, 3.63) is 34.5 Å². The summed E-state index contributed by atoms with van der Waals surface area (Å²) in [6, 6.07) is 5.71. The zero-order valence-corrected chi connectivity index (χ0v) is 8.06. The topological polar surface area (TPSA) is 39.2 Å². The number of hydrogen-bond donors (Lipinski definition) is 1. The normalized spacial score (nSPS) is 11.0. The third-order valence-electron chi connectivity index (χ3n) is 2.20. The van der Waals surface area contributed by atoms with Crippen molar-refractivity contribution in [2.75, 3.05) is 0 Å². The number of rotatable bonds is 1. The molecule has 0 bridgehead atoms. The highest BCUT2D eigenvalue weighted by Gasteiger charge is 2.10. The minimum atomic E-state index is 0.414. The van der Waals surface area contributed by atoms with E-state index in [0.29, 0.717) is 11.6 Å². The van der Waals surface area contributed by atoms with Gasteiger partial charge in [-0.2, -0.15) is 0 Å². The van der Waals surface area contributed by atoms with Crippen molar-refractivity contribution in [3.8, 4) is 0 Å². The summed E-state index contributed by atoms with van der Waals surface area (Å²) < 4.78 is 5.52. The van der Waals surface area contributed by atoms with Crippen molar-refractivity contribution in [1.82, 2.24) is 0 Å². The third-order valence-corrected chi connectivity index (χ3v) is 2.50. The smallest absolute Gasteiger partial charge is 0.153 e. The average Bonchev–Trinajstić information content (AvgIpc) is 2.45. The summed E-state index contributed by atoms with van der Waals surface area (Å²) >= 11 is 5.96. The Kier molecular flexibility index (Phi) is 2.02. The van der Waals surface area contributed by atoms with Crippen molar-refractivity contribution in [1.29, 1.82) is 0 Å². The monoisotopic (exact) mass is 195 g/mol. The van der Waals surface area contributed by atoms with E-state index in [1.54, 1.807) is 0 Å². The lowest BCUT2D eigenvalue weighted by Crippen LogP contribution is -1.95. The molecule has 2 rings (SSSR count). The maximum absolute atomic E-state index is 5.96. The Morgan fingerprint density at radius 3 is 2.85 bits per heavy atom. The summed E-state index contributed by atoms with van der Waals surface area (Å²) in [7, 11) is 0. The second-order valence-electron chi connectivity index (χ2n) is 2.97. The number of furan rings is 1. The lowest BCUT2D eigenvalue weighted by molar-refractivity contribution is 0.549. The molecule has 0 spiro atoms. The number of para-hydroxylation sites is 1. The van der Waals surface area contributed by atoms with E-state index in [2.05, 4.69) is 0 Å². The largest absolute Gasteiger partial charge is 0.458 e. The van der Waals surface area contributed by atoms with Gasteiger partial charge in [0.25, 0.3) is 0 Å². The molecule has 3 heteroatoms. The lowest BCUT2D eigenvalue weighted by atomic mass is 10.1. The number of benzene rings is 1. The van der Waals surface area contributed by atoms with Gasteiger partial charge in [0.15, 0.2) is 5.58 Å². The summed E-state index contributed by atoms with van der Waals surface area (Å²) in [4.78, 5) is 0. The van der Waals surface area contributed by atoms with Crippen molar-refractivity contribution in [3.63, 3.8) is 0 Å². The molecule has 1 heterocycles. The molecule has 68 valence electrons. The summed E-state index contributed by atoms with van der Waals surface area (Å²) in [5.41, 5.74) is 7.35. The van der Waals surface area contributed by atoms with Gasteiger partial charge in [0.2, 0.25) is 0 Å². The van der Waals surface area contributed by atoms with Crippen LogP contribution < -0.4 is 5.73 Å². The molecule has 0 saturated carbocycles. The van der Waals surface area contributed by atoms with Crippen LogP contribution >= 0.6 is 11.6 Å². The fourth-order valence-electron chi connectivity index (χ4n) is 1.45. The zero-order valence-electron chi connectivity index (χ0n) is 7.30. The minimum Gasteiger partial charge on any atom is -0.458 e. The van der Waals surface area contributed by atoms with E-state index in [-0.39, 0.29) is 0 Å². The first kappa shape index (κ1) is 8.60. The van der Waals surface area contributed by atoms with Crippen LogP contribution in [0.4, 0.5) is 0 Å². The fourth-order valence-corrected chi connectivity index (χ4v) is 1.67. The van der Waals surface area contributed by atoms with Crippen molar-refractivity contribution in [2.24, 2.45) is 5.73 Å². The highest BCUT2D eigenvalue weighted by atomic mass is 35.5. The molecule has 1 aromatic carbocycles. The number of hydrogen-bond acceptors (Lipinski definition) is 2. The Morgan fingerprint density at radius 2 is 2.23 bits per heavy atom. The average molecular weight is 196 g/mol. The molecule has 1 aromatic heterocycles. The quantitative estimate of drug-likeness (QED) is 0.760. The summed E-state index contributed by atoms with van der Waals surface area (Å²) in [5, 5.41) is 1.69.